The minimum atomic E-state index is -0.302. The summed E-state index contributed by atoms with van der Waals surface area (Å²) in [5, 5.41) is 17.5. The molecule has 102 valence electrons. The molecule has 1 atom stereocenters. The van der Waals surface area contributed by atoms with E-state index >= 15 is 0 Å². The van der Waals surface area contributed by atoms with E-state index in [2.05, 4.69) is 22.0 Å². The molecule has 3 heterocycles. The number of nitrogens with zero attached hydrogens (tertiary/aromatic N) is 4. The van der Waals surface area contributed by atoms with Crippen LogP contribution >= 0.6 is 0 Å². The molecule has 1 fully saturated rings. The van der Waals surface area contributed by atoms with E-state index in [1.54, 1.807) is 10.5 Å². The summed E-state index contributed by atoms with van der Waals surface area (Å²) < 4.78 is 15.1. The van der Waals surface area contributed by atoms with Gasteiger partial charge in [-0.15, -0.1) is 10.2 Å². The van der Waals surface area contributed by atoms with Crippen molar-refractivity contribution in [3.8, 4) is 0 Å². The molecule has 5 nitrogen and oxygen atoms in total. The number of hydrogen-bond acceptors (Lipinski definition) is 4. The fourth-order valence-electron chi connectivity index (χ4n) is 2.98. The van der Waals surface area contributed by atoms with Gasteiger partial charge in [0.25, 0.3) is 0 Å². The molecular weight excluding hydrogens is 247 g/mol. The molecule has 1 N–H and O–H groups in total. The maximum absolute atomic E-state index is 13.4. The van der Waals surface area contributed by atoms with Gasteiger partial charge in [0.1, 0.15) is 5.82 Å². The maximum Gasteiger partial charge on any atom is 0.161 e. The largest absolute Gasteiger partial charge is 0.395 e. The fourth-order valence-corrected chi connectivity index (χ4v) is 2.98. The van der Waals surface area contributed by atoms with E-state index in [1.807, 2.05) is 0 Å². The zero-order chi connectivity index (χ0) is 13.5. The number of β-amino-alcohol motifs (C(OH)–C–C–N with tert-alkyl or cyclic N) is 1. The molecule has 0 aromatic carbocycles. The second-order valence-corrected chi connectivity index (χ2v) is 5.19. The Kier molecular flexibility index (Phi) is 2.99. The van der Waals surface area contributed by atoms with Gasteiger partial charge in [-0.05, 0) is 38.4 Å². The topological polar surface area (TPSA) is 53.7 Å². The van der Waals surface area contributed by atoms with Crippen LogP contribution in [0.5, 0.6) is 0 Å². The van der Waals surface area contributed by atoms with Crippen molar-refractivity contribution in [2.45, 2.75) is 25.3 Å². The molecule has 0 saturated carbocycles. The second-order valence-electron chi connectivity index (χ2n) is 5.19. The first kappa shape index (κ1) is 12.5. The van der Waals surface area contributed by atoms with Gasteiger partial charge in [0.15, 0.2) is 11.5 Å². The first-order valence-electron chi connectivity index (χ1n) is 6.52. The van der Waals surface area contributed by atoms with E-state index < -0.39 is 0 Å². The van der Waals surface area contributed by atoms with Gasteiger partial charge in [0, 0.05) is 12.7 Å². The summed E-state index contributed by atoms with van der Waals surface area (Å²) >= 11 is 0. The second kappa shape index (κ2) is 4.54. The Balaban J connectivity index is 2.09. The van der Waals surface area contributed by atoms with Crippen LogP contribution in [0.15, 0.2) is 18.3 Å². The van der Waals surface area contributed by atoms with Gasteiger partial charge in [0.2, 0.25) is 0 Å². The lowest BCUT2D eigenvalue weighted by Gasteiger charge is -2.33. The van der Waals surface area contributed by atoms with Crippen LogP contribution in [-0.4, -0.2) is 44.3 Å². The first-order valence-corrected chi connectivity index (χ1v) is 6.52. The molecule has 1 aliphatic heterocycles. The number of pyridine rings is 1. The van der Waals surface area contributed by atoms with Crippen molar-refractivity contribution in [1.82, 2.24) is 19.5 Å². The summed E-state index contributed by atoms with van der Waals surface area (Å²) in [6.45, 7) is 3.71. The maximum atomic E-state index is 13.4. The molecule has 0 radical (unpaired) electrons. The number of fused-ring (bicyclic) bond motifs is 1. The summed E-state index contributed by atoms with van der Waals surface area (Å²) in [5.74, 6) is 0.441. The van der Waals surface area contributed by atoms with E-state index in [-0.39, 0.29) is 18.0 Å². The highest BCUT2D eigenvalue weighted by atomic mass is 19.1. The molecule has 2 aromatic rings. The molecule has 0 aliphatic carbocycles. The van der Waals surface area contributed by atoms with Gasteiger partial charge in [-0.2, -0.15) is 0 Å². The molecule has 6 heteroatoms. The zero-order valence-corrected chi connectivity index (χ0v) is 10.9. The van der Waals surface area contributed by atoms with Gasteiger partial charge in [-0.1, -0.05) is 0 Å². The molecule has 1 unspecified atom stereocenters. The van der Waals surface area contributed by atoms with Crippen molar-refractivity contribution in [3.63, 3.8) is 0 Å². The van der Waals surface area contributed by atoms with Gasteiger partial charge in [-0.25, -0.2) is 4.39 Å². The smallest absolute Gasteiger partial charge is 0.161 e. The fraction of sp³-hybridized carbons (Fsp3) is 0.538. The third kappa shape index (κ3) is 1.91. The minimum absolute atomic E-state index is 0.112. The quantitative estimate of drug-likeness (QED) is 0.904. The zero-order valence-electron chi connectivity index (χ0n) is 10.9. The summed E-state index contributed by atoms with van der Waals surface area (Å²) in [7, 11) is 0. The number of likely N-dealkylation sites (tertiary alicyclic amines) is 1. The highest BCUT2D eigenvalue weighted by Gasteiger charge is 2.41. The SMILES string of the molecule is CC1(c2nnc3ccc(F)cn23)CCCN1CCO. The van der Waals surface area contributed by atoms with Crippen LogP contribution in [0.3, 0.4) is 0 Å². The van der Waals surface area contributed by atoms with E-state index in [0.29, 0.717) is 12.2 Å². The van der Waals surface area contributed by atoms with E-state index in [1.165, 1.54) is 12.3 Å². The van der Waals surface area contributed by atoms with E-state index in [4.69, 9.17) is 5.11 Å². The van der Waals surface area contributed by atoms with Crippen molar-refractivity contribution in [2.75, 3.05) is 19.7 Å². The Morgan fingerprint density at radius 3 is 3.05 bits per heavy atom. The van der Waals surface area contributed by atoms with Crippen molar-refractivity contribution in [3.05, 3.63) is 30.0 Å². The van der Waals surface area contributed by atoms with E-state index in [9.17, 15) is 4.39 Å². The van der Waals surface area contributed by atoms with Gasteiger partial charge < -0.3 is 5.11 Å². The molecule has 1 aliphatic rings. The third-order valence-electron chi connectivity index (χ3n) is 4.01. The number of aliphatic hydroxyl groups excluding tert-OH is 1. The lowest BCUT2D eigenvalue weighted by Crippen LogP contribution is -2.41. The predicted octanol–water partition coefficient (Wildman–Crippen LogP) is 1.17. The van der Waals surface area contributed by atoms with Crippen LogP contribution in [0.1, 0.15) is 25.6 Å². The Labute approximate surface area is 110 Å². The summed E-state index contributed by atoms with van der Waals surface area (Å²) in [5.41, 5.74) is 0.351. The Morgan fingerprint density at radius 2 is 2.26 bits per heavy atom. The normalized spacial score (nSPS) is 24.4. The van der Waals surface area contributed by atoms with Gasteiger partial charge in [-0.3, -0.25) is 9.30 Å². The summed E-state index contributed by atoms with van der Waals surface area (Å²) in [6, 6.07) is 3.01. The van der Waals surface area contributed by atoms with Crippen LogP contribution in [0, 0.1) is 5.82 Å². The monoisotopic (exact) mass is 264 g/mol. The van der Waals surface area contributed by atoms with Crippen LogP contribution in [-0.2, 0) is 5.54 Å². The van der Waals surface area contributed by atoms with Crippen molar-refractivity contribution < 1.29 is 9.50 Å². The van der Waals surface area contributed by atoms with Crippen LogP contribution in [0.4, 0.5) is 4.39 Å². The standard InChI is InChI=1S/C13H17FN4O/c1-13(5-2-6-17(13)7-8-19)12-16-15-11-4-3-10(14)9-18(11)12/h3-4,9,19H,2,5-8H2,1H3. The van der Waals surface area contributed by atoms with Crippen molar-refractivity contribution >= 4 is 5.65 Å². The molecule has 0 spiro atoms. The molecule has 0 bridgehead atoms. The van der Waals surface area contributed by atoms with Crippen LogP contribution in [0.2, 0.25) is 0 Å². The summed E-state index contributed by atoms with van der Waals surface area (Å²) in [6.07, 6.45) is 3.40. The number of aliphatic hydroxyl groups is 1. The number of halogens is 1. The van der Waals surface area contributed by atoms with Crippen molar-refractivity contribution in [1.29, 1.82) is 0 Å². The Bertz CT molecular complexity index is 599. The molecule has 0 amide bonds. The Hall–Kier alpha value is -1.53. The van der Waals surface area contributed by atoms with Gasteiger partial charge >= 0.3 is 0 Å². The number of hydrogen-bond donors (Lipinski definition) is 1. The average molecular weight is 264 g/mol. The molecule has 19 heavy (non-hydrogen) atoms. The first-order chi connectivity index (χ1) is 9.15. The third-order valence-corrected chi connectivity index (χ3v) is 4.01. The summed E-state index contributed by atoms with van der Waals surface area (Å²) in [4.78, 5) is 2.19. The van der Waals surface area contributed by atoms with Gasteiger partial charge in [0.05, 0.1) is 12.1 Å². The molecular formula is C13H17FN4O. The lowest BCUT2D eigenvalue weighted by molar-refractivity contribution is 0.113. The number of aromatic nitrogens is 3. The number of rotatable bonds is 3. The minimum Gasteiger partial charge on any atom is -0.395 e. The molecule has 1 saturated heterocycles. The van der Waals surface area contributed by atoms with Crippen molar-refractivity contribution in [2.24, 2.45) is 0 Å². The Morgan fingerprint density at radius 1 is 1.42 bits per heavy atom. The highest BCUT2D eigenvalue weighted by molar-refractivity contribution is 5.38. The molecule has 3 rings (SSSR count). The van der Waals surface area contributed by atoms with E-state index in [0.717, 1.165) is 25.2 Å². The average Bonchev–Trinajstić information content (AvgIpc) is 2.95. The highest BCUT2D eigenvalue weighted by Crippen LogP contribution is 2.37. The predicted molar refractivity (Wildman–Crippen MR) is 68.2 cm³/mol. The molecule has 2 aromatic heterocycles. The lowest BCUT2D eigenvalue weighted by atomic mass is 9.98. The van der Waals surface area contributed by atoms with Crippen LogP contribution < -0.4 is 0 Å². The van der Waals surface area contributed by atoms with Crippen LogP contribution in [0.25, 0.3) is 5.65 Å².